The average molecular weight is 140 g/mol. The summed E-state index contributed by atoms with van der Waals surface area (Å²) in [7, 11) is 0. The number of unbranched alkanes of at least 4 members (excludes halogenated alkanes) is 2. The van der Waals surface area contributed by atoms with E-state index in [2.05, 4.69) is 18.3 Å². The highest BCUT2D eigenvalue weighted by atomic mass is 16.5. The van der Waals surface area contributed by atoms with E-state index in [0.717, 1.165) is 13.0 Å². The van der Waals surface area contributed by atoms with Crippen LogP contribution in [-0.2, 0) is 4.74 Å². The number of hydrogen-bond donors (Lipinski definition) is 0. The van der Waals surface area contributed by atoms with Gasteiger partial charge < -0.3 is 4.74 Å². The highest BCUT2D eigenvalue weighted by Gasteiger charge is 2.11. The van der Waals surface area contributed by atoms with E-state index in [1.807, 2.05) is 0 Å². The maximum atomic E-state index is 5.08. The third-order valence-corrected chi connectivity index (χ3v) is 1.71. The quantitative estimate of drug-likeness (QED) is 0.546. The molecule has 0 aromatic rings. The Morgan fingerprint density at radius 3 is 3.10 bits per heavy atom. The van der Waals surface area contributed by atoms with Crippen molar-refractivity contribution < 1.29 is 4.74 Å². The van der Waals surface area contributed by atoms with E-state index >= 15 is 0 Å². The van der Waals surface area contributed by atoms with Crippen LogP contribution in [0.1, 0.15) is 32.6 Å². The molecule has 1 rings (SSSR count). The van der Waals surface area contributed by atoms with Crippen LogP contribution in [0.5, 0.6) is 0 Å². The molecule has 0 aromatic heterocycles. The van der Waals surface area contributed by atoms with Gasteiger partial charge in [0.2, 0.25) is 0 Å². The molecule has 1 atom stereocenters. The van der Waals surface area contributed by atoms with E-state index in [4.69, 9.17) is 4.74 Å². The lowest BCUT2D eigenvalue weighted by Crippen LogP contribution is -2.09. The Bertz CT molecular complexity index is 104. The number of ether oxygens (including phenoxy) is 1. The van der Waals surface area contributed by atoms with Crippen molar-refractivity contribution in [2.45, 2.75) is 38.7 Å². The Labute approximate surface area is 62.3 Å². The van der Waals surface area contributed by atoms with Crippen molar-refractivity contribution in [2.24, 2.45) is 4.99 Å². The van der Waals surface area contributed by atoms with Gasteiger partial charge in [0.1, 0.15) is 6.10 Å². The Balaban J connectivity index is 1.93. The summed E-state index contributed by atoms with van der Waals surface area (Å²) < 4.78 is 5.08. The maximum Gasteiger partial charge on any atom is 0.273 e. The van der Waals surface area contributed by atoms with Crippen LogP contribution in [0.3, 0.4) is 0 Å². The van der Waals surface area contributed by atoms with Gasteiger partial charge in [-0.15, -0.1) is 0 Å². The summed E-state index contributed by atoms with van der Waals surface area (Å²) in [5.74, 6) is 0. The summed E-state index contributed by atoms with van der Waals surface area (Å²) >= 11 is 0. The molecule has 2 heteroatoms. The molecular formula is C8H14NO. The Morgan fingerprint density at radius 2 is 2.50 bits per heavy atom. The molecule has 0 aliphatic carbocycles. The molecule has 10 heavy (non-hydrogen) atoms. The molecule has 2 nitrogen and oxygen atoms in total. The molecule has 0 bridgehead atoms. The van der Waals surface area contributed by atoms with Crippen molar-refractivity contribution in [3.8, 4) is 0 Å². The fourth-order valence-electron chi connectivity index (χ4n) is 1.06. The second-order valence-electron chi connectivity index (χ2n) is 2.67. The van der Waals surface area contributed by atoms with Crippen molar-refractivity contribution in [2.75, 3.05) is 6.54 Å². The lowest BCUT2D eigenvalue weighted by atomic mass is 10.1. The van der Waals surface area contributed by atoms with Crippen LogP contribution in [0.2, 0.25) is 0 Å². The van der Waals surface area contributed by atoms with E-state index in [1.54, 1.807) is 0 Å². The van der Waals surface area contributed by atoms with Crippen molar-refractivity contribution in [1.82, 2.24) is 0 Å². The van der Waals surface area contributed by atoms with E-state index in [9.17, 15) is 0 Å². The van der Waals surface area contributed by atoms with Gasteiger partial charge in [0.05, 0.1) is 6.54 Å². The monoisotopic (exact) mass is 140 g/mol. The summed E-state index contributed by atoms with van der Waals surface area (Å²) in [5.41, 5.74) is 0. The first-order valence-corrected chi connectivity index (χ1v) is 4.00. The zero-order valence-corrected chi connectivity index (χ0v) is 6.47. The van der Waals surface area contributed by atoms with Gasteiger partial charge in [0, 0.05) is 0 Å². The minimum Gasteiger partial charge on any atom is -0.469 e. The number of aliphatic imine (C=N–C) groups is 1. The topological polar surface area (TPSA) is 21.6 Å². The van der Waals surface area contributed by atoms with Gasteiger partial charge in [-0.2, -0.15) is 0 Å². The first kappa shape index (κ1) is 7.58. The first-order chi connectivity index (χ1) is 4.93. The van der Waals surface area contributed by atoms with Crippen molar-refractivity contribution >= 4 is 6.40 Å². The standard InChI is InChI=1S/C8H14NO/c1-2-3-4-5-8-6-9-7-10-8/h8H,2-6H2,1H3. The van der Waals surface area contributed by atoms with Crippen LogP contribution in [0, 0.1) is 0 Å². The number of hydrogen-bond acceptors (Lipinski definition) is 2. The lowest BCUT2D eigenvalue weighted by Gasteiger charge is -2.05. The summed E-state index contributed by atoms with van der Waals surface area (Å²) in [4.78, 5) is 3.87. The van der Waals surface area contributed by atoms with Gasteiger partial charge in [-0.25, -0.2) is 4.99 Å². The Hall–Kier alpha value is -0.530. The second kappa shape index (κ2) is 4.31. The molecule has 0 saturated heterocycles. The SMILES string of the molecule is CCCCCC1CN=[C]O1. The predicted octanol–water partition coefficient (Wildman–Crippen LogP) is 1.87. The van der Waals surface area contributed by atoms with Crippen molar-refractivity contribution in [3.63, 3.8) is 0 Å². The average Bonchev–Trinajstić information content (AvgIpc) is 2.41. The first-order valence-electron chi connectivity index (χ1n) is 4.00. The lowest BCUT2D eigenvalue weighted by molar-refractivity contribution is 0.217. The van der Waals surface area contributed by atoms with Crippen LogP contribution in [0.4, 0.5) is 0 Å². The van der Waals surface area contributed by atoms with Crippen LogP contribution in [0.25, 0.3) is 0 Å². The van der Waals surface area contributed by atoms with Gasteiger partial charge in [-0.3, -0.25) is 0 Å². The third kappa shape index (κ3) is 2.38. The highest BCUT2D eigenvalue weighted by Crippen LogP contribution is 2.09. The molecule has 0 saturated carbocycles. The second-order valence-corrected chi connectivity index (χ2v) is 2.67. The van der Waals surface area contributed by atoms with Crippen LogP contribution in [-0.4, -0.2) is 19.0 Å². The zero-order chi connectivity index (χ0) is 7.23. The van der Waals surface area contributed by atoms with Crippen LogP contribution < -0.4 is 0 Å². The van der Waals surface area contributed by atoms with Gasteiger partial charge >= 0.3 is 0 Å². The van der Waals surface area contributed by atoms with Crippen LogP contribution in [0.15, 0.2) is 4.99 Å². The molecule has 57 valence electrons. The van der Waals surface area contributed by atoms with E-state index in [1.165, 1.54) is 19.3 Å². The van der Waals surface area contributed by atoms with Gasteiger partial charge in [-0.1, -0.05) is 19.8 Å². The van der Waals surface area contributed by atoms with Gasteiger partial charge in [-0.05, 0) is 12.8 Å². The molecule has 1 radical (unpaired) electrons. The molecular weight excluding hydrogens is 126 g/mol. The molecule has 0 N–H and O–H groups in total. The van der Waals surface area contributed by atoms with Gasteiger partial charge in [0.15, 0.2) is 0 Å². The summed E-state index contributed by atoms with van der Waals surface area (Å²) in [6, 6.07) is 0. The third-order valence-electron chi connectivity index (χ3n) is 1.71. The molecule has 0 amide bonds. The van der Waals surface area contributed by atoms with Crippen molar-refractivity contribution in [3.05, 3.63) is 0 Å². The Morgan fingerprint density at radius 1 is 1.60 bits per heavy atom. The highest BCUT2D eigenvalue weighted by molar-refractivity contribution is 5.48. The summed E-state index contributed by atoms with van der Waals surface area (Å²) in [6.07, 6.45) is 7.85. The molecule has 1 heterocycles. The minimum absolute atomic E-state index is 0.339. The molecule has 0 fully saturated rings. The maximum absolute atomic E-state index is 5.08. The van der Waals surface area contributed by atoms with E-state index in [0.29, 0.717) is 6.10 Å². The van der Waals surface area contributed by atoms with E-state index < -0.39 is 0 Å². The summed E-state index contributed by atoms with van der Waals surface area (Å²) in [6.45, 7) is 3.03. The normalized spacial score (nSPS) is 23.1. The fourth-order valence-corrected chi connectivity index (χ4v) is 1.06. The van der Waals surface area contributed by atoms with E-state index in [-0.39, 0.29) is 0 Å². The fraction of sp³-hybridized carbons (Fsp3) is 0.875. The van der Waals surface area contributed by atoms with Gasteiger partial charge in [0.25, 0.3) is 6.40 Å². The summed E-state index contributed by atoms with van der Waals surface area (Å²) in [5, 5.41) is 0. The smallest absolute Gasteiger partial charge is 0.273 e. The predicted molar refractivity (Wildman–Crippen MR) is 41.3 cm³/mol. The Kier molecular flexibility index (Phi) is 3.27. The number of rotatable bonds is 4. The molecule has 0 aromatic carbocycles. The van der Waals surface area contributed by atoms with Crippen LogP contribution >= 0.6 is 0 Å². The molecule has 1 unspecified atom stereocenters. The minimum atomic E-state index is 0.339. The molecule has 1 aliphatic heterocycles. The largest absolute Gasteiger partial charge is 0.469 e. The molecule has 0 spiro atoms. The zero-order valence-electron chi connectivity index (χ0n) is 6.47. The molecule has 1 aliphatic rings. The van der Waals surface area contributed by atoms with Crippen molar-refractivity contribution in [1.29, 1.82) is 0 Å². The number of nitrogens with zero attached hydrogens (tertiary/aromatic N) is 1.